The van der Waals surface area contributed by atoms with Crippen LogP contribution in [0.5, 0.6) is 5.75 Å². The van der Waals surface area contributed by atoms with Gasteiger partial charge in [-0.15, -0.1) is 0 Å². The van der Waals surface area contributed by atoms with E-state index in [1.165, 1.54) is 48.8 Å². The summed E-state index contributed by atoms with van der Waals surface area (Å²) in [6, 6.07) is 30.3. The number of phenolic OH excluding ortho intramolecular Hbond substituents is 1. The van der Waals surface area contributed by atoms with Crippen molar-refractivity contribution in [1.29, 1.82) is 0 Å². The van der Waals surface area contributed by atoms with Gasteiger partial charge in [-0.3, -0.25) is 4.90 Å². The Balaban J connectivity index is 1.37. The zero-order valence-corrected chi connectivity index (χ0v) is 17.8. The summed E-state index contributed by atoms with van der Waals surface area (Å²) in [5.74, 6) is 0.990. The molecule has 1 aliphatic rings. The molecule has 0 amide bonds. The van der Waals surface area contributed by atoms with Crippen LogP contribution < -0.4 is 0 Å². The van der Waals surface area contributed by atoms with E-state index in [1.54, 1.807) is 0 Å². The van der Waals surface area contributed by atoms with E-state index in [1.807, 2.05) is 12.1 Å². The number of aryl methyl sites for hydroxylation is 1. The van der Waals surface area contributed by atoms with Crippen LogP contribution in [0.2, 0.25) is 0 Å². The van der Waals surface area contributed by atoms with Gasteiger partial charge in [0, 0.05) is 12.6 Å². The maximum atomic E-state index is 9.57. The Hall–Kier alpha value is -2.58. The fourth-order valence-corrected chi connectivity index (χ4v) is 4.86. The van der Waals surface area contributed by atoms with E-state index in [-0.39, 0.29) is 0 Å². The molecule has 2 heteroatoms. The van der Waals surface area contributed by atoms with Gasteiger partial charge in [-0.1, -0.05) is 72.8 Å². The third-order valence-corrected chi connectivity index (χ3v) is 6.56. The zero-order chi connectivity index (χ0) is 20.6. The van der Waals surface area contributed by atoms with Crippen molar-refractivity contribution in [3.63, 3.8) is 0 Å². The molecule has 0 unspecified atom stereocenters. The highest BCUT2D eigenvalue weighted by molar-refractivity contribution is 5.28. The van der Waals surface area contributed by atoms with Crippen LogP contribution in [-0.2, 0) is 13.0 Å². The van der Waals surface area contributed by atoms with Crippen LogP contribution in [0.15, 0.2) is 84.9 Å². The molecule has 156 valence electrons. The lowest BCUT2D eigenvalue weighted by atomic mass is 9.81. The summed E-state index contributed by atoms with van der Waals surface area (Å²) < 4.78 is 0. The molecule has 1 N–H and O–H groups in total. The maximum Gasteiger partial charge on any atom is 0.115 e. The molecule has 0 bridgehead atoms. The minimum Gasteiger partial charge on any atom is -0.508 e. The van der Waals surface area contributed by atoms with Crippen LogP contribution in [0.4, 0.5) is 0 Å². The van der Waals surface area contributed by atoms with Crippen LogP contribution >= 0.6 is 0 Å². The third-order valence-electron chi connectivity index (χ3n) is 6.56. The molecule has 0 aliphatic heterocycles. The van der Waals surface area contributed by atoms with E-state index in [0.29, 0.717) is 17.7 Å². The number of nitrogens with zero attached hydrogens (tertiary/aromatic N) is 1. The molecule has 0 saturated heterocycles. The van der Waals surface area contributed by atoms with Crippen molar-refractivity contribution >= 4 is 0 Å². The molecule has 1 saturated carbocycles. The highest BCUT2D eigenvalue weighted by Gasteiger charge is 2.26. The standard InChI is InChI=1S/C28H33NO/c30-28-19-15-26(16-20-28)25-13-17-27(18-14-25)29(22-24-10-5-2-6-11-24)21-7-12-23-8-3-1-4-9-23/h1-6,8-11,15-16,19-20,25,27,30H,7,12-14,17-18,21-22H2. The molecule has 30 heavy (non-hydrogen) atoms. The smallest absolute Gasteiger partial charge is 0.115 e. The van der Waals surface area contributed by atoms with Gasteiger partial charge >= 0.3 is 0 Å². The number of rotatable bonds is 8. The third kappa shape index (κ3) is 5.73. The fourth-order valence-electron chi connectivity index (χ4n) is 4.86. The Kier molecular flexibility index (Phi) is 7.20. The largest absolute Gasteiger partial charge is 0.508 e. The van der Waals surface area contributed by atoms with Gasteiger partial charge in [0.2, 0.25) is 0 Å². The van der Waals surface area contributed by atoms with E-state index >= 15 is 0 Å². The molecule has 0 aromatic heterocycles. The van der Waals surface area contributed by atoms with Gasteiger partial charge in [-0.25, -0.2) is 0 Å². The lowest BCUT2D eigenvalue weighted by molar-refractivity contribution is 0.139. The van der Waals surface area contributed by atoms with E-state index in [2.05, 4.69) is 77.7 Å². The summed E-state index contributed by atoms with van der Waals surface area (Å²) >= 11 is 0. The van der Waals surface area contributed by atoms with Crippen LogP contribution in [-0.4, -0.2) is 22.6 Å². The highest BCUT2D eigenvalue weighted by atomic mass is 16.3. The van der Waals surface area contributed by atoms with E-state index in [0.717, 1.165) is 19.5 Å². The second-order valence-electron chi connectivity index (χ2n) is 8.64. The molecule has 0 heterocycles. The van der Waals surface area contributed by atoms with Gasteiger partial charge in [0.15, 0.2) is 0 Å². The first-order chi connectivity index (χ1) is 14.8. The topological polar surface area (TPSA) is 23.5 Å². The van der Waals surface area contributed by atoms with Gasteiger partial charge in [0.25, 0.3) is 0 Å². The van der Waals surface area contributed by atoms with Gasteiger partial charge in [-0.2, -0.15) is 0 Å². The summed E-state index contributed by atoms with van der Waals surface area (Å²) in [6.07, 6.45) is 7.33. The average molecular weight is 400 g/mol. The number of hydrogen-bond donors (Lipinski definition) is 1. The number of hydrogen-bond acceptors (Lipinski definition) is 2. The monoisotopic (exact) mass is 399 g/mol. The number of phenols is 1. The lowest BCUT2D eigenvalue weighted by Gasteiger charge is -2.37. The summed E-state index contributed by atoms with van der Waals surface area (Å²) in [7, 11) is 0. The quantitative estimate of drug-likeness (QED) is 0.464. The second kappa shape index (κ2) is 10.4. The molecule has 2 nitrogen and oxygen atoms in total. The summed E-state index contributed by atoms with van der Waals surface area (Å²) in [4.78, 5) is 2.73. The van der Waals surface area contributed by atoms with Crippen molar-refractivity contribution in [2.45, 2.75) is 57.0 Å². The lowest BCUT2D eigenvalue weighted by Crippen LogP contribution is -2.38. The second-order valence-corrected chi connectivity index (χ2v) is 8.64. The first-order valence-corrected chi connectivity index (χ1v) is 11.4. The molecule has 3 aromatic carbocycles. The van der Waals surface area contributed by atoms with Gasteiger partial charge in [-0.05, 0) is 79.8 Å². The van der Waals surface area contributed by atoms with Crippen LogP contribution in [0.1, 0.15) is 54.7 Å². The van der Waals surface area contributed by atoms with Crippen molar-refractivity contribution in [2.24, 2.45) is 0 Å². The molecular formula is C28H33NO. The predicted molar refractivity (Wildman–Crippen MR) is 125 cm³/mol. The molecular weight excluding hydrogens is 366 g/mol. The van der Waals surface area contributed by atoms with Crippen molar-refractivity contribution in [3.05, 3.63) is 102 Å². The number of aromatic hydroxyl groups is 1. The molecule has 4 rings (SSSR count). The minimum absolute atomic E-state index is 0.361. The molecule has 1 aliphatic carbocycles. The Morgan fingerprint density at radius 3 is 1.93 bits per heavy atom. The van der Waals surface area contributed by atoms with Gasteiger partial charge < -0.3 is 5.11 Å². The van der Waals surface area contributed by atoms with E-state index in [9.17, 15) is 5.11 Å². The van der Waals surface area contributed by atoms with Crippen molar-refractivity contribution < 1.29 is 5.11 Å². The summed E-state index contributed by atoms with van der Waals surface area (Å²) in [5, 5.41) is 9.57. The minimum atomic E-state index is 0.361. The van der Waals surface area contributed by atoms with Crippen LogP contribution in [0.25, 0.3) is 0 Å². The number of benzene rings is 3. The van der Waals surface area contributed by atoms with Crippen molar-refractivity contribution in [2.75, 3.05) is 6.54 Å². The summed E-state index contributed by atoms with van der Waals surface area (Å²) in [5.41, 5.74) is 4.23. The zero-order valence-electron chi connectivity index (χ0n) is 17.8. The Morgan fingerprint density at radius 2 is 1.30 bits per heavy atom. The Bertz CT molecular complexity index is 868. The van der Waals surface area contributed by atoms with E-state index < -0.39 is 0 Å². The first kappa shape index (κ1) is 20.7. The average Bonchev–Trinajstić information content (AvgIpc) is 2.80. The summed E-state index contributed by atoms with van der Waals surface area (Å²) in [6.45, 7) is 2.20. The Labute approximate surface area is 181 Å². The molecule has 1 fully saturated rings. The highest BCUT2D eigenvalue weighted by Crippen LogP contribution is 2.35. The SMILES string of the molecule is Oc1ccc(C2CCC(N(CCCc3ccccc3)Cc3ccccc3)CC2)cc1. The van der Waals surface area contributed by atoms with Crippen LogP contribution in [0.3, 0.4) is 0 Å². The van der Waals surface area contributed by atoms with E-state index in [4.69, 9.17) is 0 Å². The normalized spacial score (nSPS) is 19.1. The fraction of sp³-hybridized carbons (Fsp3) is 0.357. The van der Waals surface area contributed by atoms with Gasteiger partial charge in [0.1, 0.15) is 5.75 Å². The first-order valence-electron chi connectivity index (χ1n) is 11.4. The molecule has 0 atom stereocenters. The Morgan fingerprint density at radius 1 is 0.700 bits per heavy atom. The van der Waals surface area contributed by atoms with Gasteiger partial charge in [0.05, 0.1) is 0 Å². The maximum absolute atomic E-state index is 9.57. The molecule has 0 spiro atoms. The molecule has 0 radical (unpaired) electrons. The van der Waals surface area contributed by atoms with Crippen molar-refractivity contribution in [1.82, 2.24) is 4.90 Å². The predicted octanol–water partition coefficient (Wildman–Crippen LogP) is 6.55. The van der Waals surface area contributed by atoms with Crippen molar-refractivity contribution in [3.8, 4) is 5.75 Å². The van der Waals surface area contributed by atoms with Crippen LogP contribution in [0, 0.1) is 0 Å². The molecule has 3 aromatic rings.